The molecule has 0 saturated carbocycles. The summed E-state index contributed by atoms with van der Waals surface area (Å²) in [6, 6.07) is 3.58. The zero-order chi connectivity index (χ0) is 12.3. The third kappa shape index (κ3) is 2.67. The van der Waals surface area contributed by atoms with Gasteiger partial charge in [-0.25, -0.2) is 4.98 Å². The predicted molar refractivity (Wildman–Crippen MR) is 67.7 cm³/mol. The van der Waals surface area contributed by atoms with Crippen molar-refractivity contribution >= 4 is 17.4 Å². The zero-order valence-electron chi connectivity index (χ0n) is 10.1. The molecule has 0 atom stereocenters. The first kappa shape index (κ1) is 11.7. The molecule has 1 aliphatic rings. The number of aromatic nitrogens is 1. The maximum absolute atomic E-state index is 12.0. The van der Waals surface area contributed by atoms with Crippen LogP contribution in [0.2, 0.25) is 0 Å². The summed E-state index contributed by atoms with van der Waals surface area (Å²) >= 11 is 0. The van der Waals surface area contributed by atoms with Gasteiger partial charge in [-0.3, -0.25) is 4.79 Å². The van der Waals surface area contributed by atoms with E-state index in [1.54, 1.807) is 23.2 Å². The van der Waals surface area contributed by atoms with Crippen molar-refractivity contribution in [3.63, 3.8) is 0 Å². The number of rotatable bonds is 3. The third-order valence-corrected chi connectivity index (χ3v) is 3.01. The Hall–Kier alpha value is -1.78. The fourth-order valence-corrected chi connectivity index (χ4v) is 2.07. The normalized spacial score (nSPS) is 15.0. The summed E-state index contributed by atoms with van der Waals surface area (Å²) in [4.78, 5) is 19.8. The number of pyridine rings is 1. The second-order valence-corrected chi connectivity index (χ2v) is 4.36. The van der Waals surface area contributed by atoms with Crippen LogP contribution in [-0.4, -0.2) is 42.5 Å². The first-order chi connectivity index (χ1) is 8.18. The molecule has 0 aromatic carbocycles. The number of carbonyl (C=O) groups excluding carboxylic acids is 1. The Kier molecular flexibility index (Phi) is 3.46. The van der Waals surface area contributed by atoms with E-state index in [0.29, 0.717) is 18.1 Å². The van der Waals surface area contributed by atoms with Crippen molar-refractivity contribution < 1.29 is 4.79 Å². The topological polar surface area (TPSA) is 62.5 Å². The van der Waals surface area contributed by atoms with Crippen molar-refractivity contribution in [2.75, 3.05) is 37.3 Å². The summed E-state index contributed by atoms with van der Waals surface area (Å²) in [5.74, 6) is 0.815. The number of nitrogens with two attached hydrogens (primary N) is 1. The summed E-state index contributed by atoms with van der Waals surface area (Å²) in [7, 11) is 1.84. The molecule has 0 bridgehead atoms. The van der Waals surface area contributed by atoms with Crippen molar-refractivity contribution in [3.05, 3.63) is 18.3 Å². The monoisotopic (exact) mass is 234 g/mol. The second-order valence-electron chi connectivity index (χ2n) is 4.36. The van der Waals surface area contributed by atoms with Gasteiger partial charge >= 0.3 is 0 Å². The lowest BCUT2D eigenvalue weighted by Gasteiger charge is -2.22. The van der Waals surface area contributed by atoms with Crippen molar-refractivity contribution in [2.45, 2.75) is 12.8 Å². The van der Waals surface area contributed by atoms with E-state index in [1.165, 1.54) is 0 Å². The minimum atomic E-state index is 0.148. The number of amides is 1. The Labute approximate surface area is 101 Å². The van der Waals surface area contributed by atoms with E-state index in [0.717, 1.165) is 25.9 Å². The molecule has 1 aliphatic heterocycles. The van der Waals surface area contributed by atoms with Crippen LogP contribution in [0.1, 0.15) is 12.8 Å². The maximum Gasteiger partial charge on any atom is 0.242 e. The van der Waals surface area contributed by atoms with E-state index < -0.39 is 0 Å². The van der Waals surface area contributed by atoms with Gasteiger partial charge in [0.15, 0.2) is 5.82 Å². The van der Waals surface area contributed by atoms with Crippen molar-refractivity contribution in [1.29, 1.82) is 0 Å². The molecule has 1 aromatic heterocycles. The van der Waals surface area contributed by atoms with Crippen molar-refractivity contribution in [3.8, 4) is 0 Å². The molecule has 1 aromatic rings. The Morgan fingerprint density at radius 2 is 2.24 bits per heavy atom. The molecule has 0 aliphatic carbocycles. The maximum atomic E-state index is 12.0. The smallest absolute Gasteiger partial charge is 0.242 e. The number of carbonyl (C=O) groups is 1. The highest BCUT2D eigenvalue weighted by molar-refractivity contribution is 5.82. The van der Waals surface area contributed by atoms with Gasteiger partial charge in [0, 0.05) is 26.3 Å². The molecule has 1 saturated heterocycles. The SMILES string of the molecule is CN(CC(=O)N1CCCC1)c1ncccc1N. The molecule has 5 heteroatoms. The fraction of sp³-hybridized carbons (Fsp3) is 0.500. The van der Waals surface area contributed by atoms with Crippen molar-refractivity contribution in [1.82, 2.24) is 9.88 Å². The first-order valence-electron chi connectivity index (χ1n) is 5.88. The van der Waals surface area contributed by atoms with Gasteiger partial charge in [0.2, 0.25) is 5.91 Å². The predicted octanol–water partition coefficient (Wildman–Crippen LogP) is 0.722. The fourth-order valence-electron chi connectivity index (χ4n) is 2.07. The largest absolute Gasteiger partial charge is 0.396 e. The first-order valence-corrected chi connectivity index (χ1v) is 5.88. The molecular weight excluding hydrogens is 216 g/mol. The minimum absolute atomic E-state index is 0.148. The summed E-state index contributed by atoms with van der Waals surface area (Å²) in [6.07, 6.45) is 3.91. The second kappa shape index (κ2) is 5.03. The van der Waals surface area contributed by atoms with Crippen LogP contribution >= 0.6 is 0 Å². The van der Waals surface area contributed by atoms with Crippen molar-refractivity contribution in [2.24, 2.45) is 0 Å². The van der Waals surface area contributed by atoms with Crippen LogP contribution in [0, 0.1) is 0 Å². The lowest BCUT2D eigenvalue weighted by Crippen LogP contribution is -2.37. The van der Waals surface area contributed by atoms with Crippen LogP contribution in [0.15, 0.2) is 18.3 Å². The zero-order valence-corrected chi connectivity index (χ0v) is 10.1. The van der Waals surface area contributed by atoms with Crippen LogP contribution in [0.4, 0.5) is 11.5 Å². The number of hydrogen-bond acceptors (Lipinski definition) is 4. The van der Waals surface area contributed by atoms with Gasteiger partial charge in [0.25, 0.3) is 0 Å². The molecule has 0 radical (unpaired) electrons. The van der Waals surface area contributed by atoms with E-state index in [4.69, 9.17) is 5.73 Å². The van der Waals surface area contributed by atoms with Crippen LogP contribution in [0.5, 0.6) is 0 Å². The molecular formula is C12H18N4O. The third-order valence-electron chi connectivity index (χ3n) is 3.01. The number of likely N-dealkylation sites (tertiary alicyclic amines) is 1. The average Bonchev–Trinajstić information content (AvgIpc) is 2.82. The van der Waals surface area contributed by atoms with Gasteiger partial charge in [0.1, 0.15) is 0 Å². The number of anilines is 2. The van der Waals surface area contributed by atoms with Gasteiger partial charge < -0.3 is 15.5 Å². The molecule has 0 spiro atoms. The van der Waals surface area contributed by atoms with E-state index in [9.17, 15) is 4.79 Å². The average molecular weight is 234 g/mol. The Bertz CT molecular complexity index is 401. The Balaban J connectivity index is 1.99. The van der Waals surface area contributed by atoms with E-state index >= 15 is 0 Å². The summed E-state index contributed by atoms with van der Waals surface area (Å²) in [5, 5.41) is 0. The van der Waals surface area contributed by atoms with Gasteiger partial charge in [0.05, 0.1) is 12.2 Å². The van der Waals surface area contributed by atoms with Gasteiger partial charge in [-0.2, -0.15) is 0 Å². The van der Waals surface area contributed by atoms with Crippen LogP contribution < -0.4 is 10.6 Å². The summed E-state index contributed by atoms with van der Waals surface area (Å²) in [5.41, 5.74) is 6.42. The van der Waals surface area contributed by atoms with Gasteiger partial charge in [-0.1, -0.05) is 0 Å². The Morgan fingerprint density at radius 1 is 1.53 bits per heavy atom. The number of nitrogens with zero attached hydrogens (tertiary/aromatic N) is 3. The van der Waals surface area contributed by atoms with Crippen LogP contribution in [0.3, 0.4) is 0 Å². The summed E-state index contributed by atoms with van der Waals surface area (Å²) < 4.78 is 0. The lowest BCUT2D eigenvalue weighted by molar-refractivity contribution is -0.128. The van der Waals surface area contributed by atoms with Crippen LogP contribution in [0.25, 0.3) is 0 Å². The molecule has 1 fully saturated rings. The van der Waals surface area contributed by atoms with Gasteiger partial charge in [-0.15, -0.1) is 0 Å². The quantitative estimate of drug-likeness (QED) is 0.837. The molecule has 2 N–H and O–H groups in total. The highest BCUT2D eigenvalue weighted by Gasteiger charge is 2.20. The molecule has 17 heavy (non-hydrogen) atoms. The lowest BCUT2D eigenvalue weighted by atomic mass is 10.3. The molecule has 2 rings (SSSR count). The van der Waals surface area contributed by atoms with E-state index in [1.807, 2.05) is 11.9 Å². The Morgan fingerprint density at radius 3 is 2.88 bits per heavy atom. The molecule has 2 heterocycles. The van der Waals surface area contributed by atoms with Crippen LogP contribution in [-0.2, 0) is 4.79 Å². The molecule has 5 nitrogen and oxygen atoms in total. The standard InChI is InChI=1S/C12H18N4O/c1-15(12-10(13)5-4-6-14-12)9-11(17)16-7-2-3-8-16/h4-6H,2-3,7-9,13H2,1H3. The van der Waals surface area contributed by atoms with E-state index in [-0.39, 0.29) is 5.91 Å². The van der Waals surface area contributed by atoms with Gasteiger partial charge in [-0.05, 0) is 25.0 Å². The minimum Gasteiger partial charge on any atom is -0.396 e. The van der Waals surface area contributed by atoms with E-state index in [2.05, 4.69) is 4.98 Å². The molecule has 0 unspecified atom stereocenters. The molecule has 92 valence electrons. The number of hydrogen-bond donors (Lipinski definition) is 1. The summed E-state index contributed by atoms with van der Waals surface area (Å²) in [6.45, 7) is 2.09. The number of nitrogen functional groups attached to an aromatic ring is 1. The highest BCUT2D eigenvalue weighted by atomic mass is 16.2. The molecule has 1 amide bonds. The highest BCUT2D eigenvalue weighted by Crippen LogP contribution is 2.17. The number of likely N-dealkylation sites (N-methyl/N-ethyl adjacent to an activating group) is 1.